The van der Waals surface area contributed by atoms with Gasteiger partial charge in [-0.1, -0.05) is 25.4 Å². The molecule has 0 fully saturated rings. The molecule has 0 radical (unpaired) electrons. The van der Waals surface area contributed by atoms with Crippen LogP contribution in [0.1, 0.15) is 19.4 Å². The maximum atomic E-state index is 12.6. The van der Waals surface area contributed by atoms with E-state index in [-0.39, 0.29) is 16.6 Å². The number of rotatable bonds is 5. The molecule has 1 amide bonds. The van der Waals surface area contributed by atoms with Crippen molar-refractivity contribution in [2.24, 2.45) is 5.92 Å². The van der Waals surface area contributed by atoms with Crippen LogP contribution >= 0.6 is 11.6 Å². The summed E-state index contributed by atoms with van der Waals surface area (Å²) in [6, 6.07) is 2.22. The Morgan fingerprint density at radius 2 is 1.95 bits per heavy atom. The summed E-state index contributed by atoms with van der Waals surface area (Å²) in [5.41, 5.74) is 1.58. The number of amides is 1. The van der Waals surface area contributed by atoms with E-state index in [0.29, 0.717) is 0 Å². The van der Waals surface area contributed by atoms with Gasteiger partial charge in [0.1, 0.15) is 6.04 Å². The topological polar surface area (TPSA) is 50.4 Å². The smallest absolute Gasteiger partial charge is 0.372 e. The van der Waals surface area contributed by atoms with Crippen molar-refractivity contribution in [2.75, 3.05) is 12.4 Å². The van der Waals surface area contributed by atoms with Crippen molar-refractivity contribution in [3.63, 3.8) is 0 Å². The molecule has 1 aromatic carbocycles. The van der Waals surface area contributed by atoms with Crippen molar-refractivity contribution in [1.82, 2.24) is 5.48 Å². The minimum absolute atomic E-state index is 0.110. The Hall–Kier alpha value is -1.47. The molecule has 21 heavy (non-hydrogen) atoms. The summed E-state index contributed by atoms with van der Waals surface area (Å²) < 4.78 is 37.7. The summed E-state index contributed by atoms with van der Waals surface area (Å²) >= 11 is 5.84. The molecule has 8 heteroatoms. The van der Waals surface area contributed by atoms with Gasteiger partial charge in [0.15, 0.2) is 0 Å². The second-order valence-corrected chi connectivity index (χ2v) is 5.14. The fourth-order valence-corrected chi connectivity index (χ4v) is 1.91. The Balaban J connectivity index is 2.97. The van der Waals surface area contributed by atoms with Crippen molar-refractivity contribution in [2.45, 2.75) is 26.1 Å². The molecule has 0 aliphatic heterocycles. The number of carbonyl (C=O) groups is 1. The maximum Gasteiger partial charge on any atom is 0.416 e. The fourth-order valence-electron chi connectivity index (χ4n) is 1.68. The zero-order chi connectivity index (χ0) is 16.2. The predicted molar refractivity (Wildman–Crippen MR) is 73.9 cm³/mol. The summed E-state index contributed by atoms with van der Waals surface area (Å²) in [6.45, 7) is 3.57. The highest BCUT2D eigenvalue weighted by atomic mass is 35.5. The molecule has 0 aromatic heterocycles. The molecule has 2 N–H and O–H groups in total. The van der Waals surface area contributed by atoms with E-state index in [4.69, 9.17) is 11.6 Å². The van der Waals surface area contributed by atoms with Crippen LogP contribution < -0.4 is 10.8 Å². The van der Waals surface area contributed by atoms with Crippen molar-refractivity contribution in [3.05, 3.63) is 28.8 Å². The van der Waals surface area contributed by atoms with Gasteiger partial charge >= 0.3 is 6.18 Å². The molecular weight excluding hydrogens is 309 g/mol. The molecule has 0 bridgehead atoms. The minimum atomic E-state index is -4.47. The summed E-state index contributed by atoms with van der Waals surface area (Å²) in [5.74, 6) is -0.568. The Morgan fingerprint density at radius 1 is 1.33 bits per heavy atom. The molecule has 0 aliphatic carbocycles. The molecule has 0 saturated carbocycles. The van der Waals surface area contributed by atoms with Crippen LogP contribution in [-0.2, 0) is 15.8 Å². The molecule has 0 spiro atoms. The summed E-state index contributed by atoms with van der Waals surface area (Å²) in [4.78, 5) is 16.4. The summed E-state index contributed by atoms with van der Waals surface area (Å²) in [5, 5.41) is 2.71. The third-order valence-corrected chi connectivity index (χ3v) is 3.07. The maximum absolute atomic E-state index is 12.6. The first kappa shape index (κ1) is 17.6. The van der Waals surface area contributed by atoms with Crippen molar-refractivity contribution in [1.29, 1.82) is 0 Å². The minimum Gasteiger partial charge on any atom is -0.372 e. The van der Waals surface area contributed by atoms with E-state index in [1.54, 1.807) is 13.8 Å². The number of alkyl halides is 3. The van der Waals surface area contributed by atoms with Crippen molar-refractivity contribution >= 4 is 23.2 Å². The van der Waals surface area contributed by atoms with Gasteiger partial charge in [0.25, 0.3) is 5.91 Å². The van der Waals surface area contributed by atoms with Crippen LogP contribution in [0.5, 0.6) is 0 Å². The summed E-state index contributed by atoms with van der Waals surface area (Å²) in [6.07, 6.45) is -4.47. The van der Waals surface area contributed by atoms with E-state index in [2.05, 4.69) is 15.6 Å². The lowest BCUT2D eigenvalue weighted by Crippen LogP contribution is -2.42. The fraction of sp³-hybridized carbons (Fsp3) is 0.462. The van der Waals surface area contributed by atoms with Crippen LogP contribution in [0.4, 0.5) is 18.9 Å². The molecule has 4 nitrogen and oxygen atoms in total. The molecule has 1 aromatic rings. The molecule has 1 rings (SSSR count). The molecule has 0 heterocycles. The summed E-state index contributed by atoms with van der Waals surface area (Å²) in [7, 11) is 1.29. The van der Waals surface area contributed by atoms with Gasteiger partial charge < -0.3 is 5.32 Å². The molecule has 0 saturated heterocycles. The standard InChI is InChI=1S/C13H16ClF3N2O2/c1-7(2)11(12(20)19-21-3)18-10-5-4-8(6-9(10)14)13(15,16)17/h4-7,11,18H,1-3H3,(H,19,20). The second kappa shape index (κ2) is 7.00. The Labute approximate surface area is 125 Å². The van der Waals surface area contributed by atoms with E-state index in [9.17, 15) is 18.0 Å². The number of nitrogens with one attached hydrogen (secondary N) is 2. The van der Waals surface area contributed by atoms with Gasteiger partial charge in [0.2, 0.25) is 0 Å². The van der Waals surface area contributed by atoms with Crippen LogP contribution in [0.2, 0.25) is 5.02 Å². The lowest BCUT2D eigenvalue weighted by Gasteiger charge is -2.23. The monoisotopic (exact) mass is 324 g/mol. The Kier molecular flexibility index (Phi) is 5.86. The van der Waals surface area contributed by atoms with Crippen LogP contribution in [0.3, 0.4) is 0 Å². The van der Waals surface area contributed by atoms with E-state index in [0.717, 1.165) is 12.1 Å². The second-order valence-electron chi connectivity index (χ2n) is 4.73. The van der Waals surface area contributed by atoms with Gasteiger partial charge in [-0.3, -0.25) is 9.63 Å². The van der Waals surface area contributed by atoms with Gasteiger partial charge in [-0.05, 0) is 24.1 Å². The highest BCUT2D eigenvalue weighted by Gasteiger charge is 2.31. The molecular formula is C13H16ClF3N2O2. The van der Waals surface area contributed by atoms with Gasteiger partial charge in [0, 0.05) is 0 Å². The van der Waals surface area contributed by atoms with E-state index < -0.39 is 23.7 Å². The third kappa shape index (κ3) is 4.78. The number of hydrogen-bond acceptors (Lipinski definition) is 3. The number of halogens is 4. The Morgan fingerprint density at radius 3 is 2.38 bits per heavy atom. The van der Waals surface area contributed by atoms with Gasteiger partial charge in [-0.25, -0.2) is 5.48 Å². The van der Waals surface area contributed by atoms with Crippen LogP contribution in [0, 0.1) is 5.92 Å². The van der Waals surface area contributed by atoms with Gasteiger partial charge in [-0.15, -0.1) is 0 Å². The molecule has 1 atom stereocenters. The number of anilines is 1. The normalized spacial score (nSPS) is 13.1. The molecule has 1 unspecified atom stereocenters. The predicted octanol–water partition coefficient (Wildman–Crippen LogP) is 3.47. The van der Waals surface area contributed by atoms with Crippen molar-refractivity contribution in [3.8, 4) is 0 Å². The first-order valence-corrected chi connectivity index (χ1v) is 6.50. The van der Waals surface area contributed by atoms with Crippen LogP contribution in [0.25, 0.3) is 0 Å². The number of hydrogen-bond donors (Lipinski definition) is 2. The molecule has 118 valence electrons. The highest BCUT2D eigenvalue weighted by molar-refractivity contribution is 6.33. The largest absolute Gasteiger partial charge is 0.416 e. The van der Waals surface area contributed by atoms with E-state index in [1.807, 2.05) is 0 Å². The highest BCUT2D eigenvalue weighted by Crippen LogP contribution is 2.34. The van der Waals surface area contributed by atoms with Crippen molar-refractivity contribution < 1.29 is 22.8 Å². The number of benzene rings is 1. The van der Waals surface area contributed by atoms with E-state index >= 15 is 0 Å². The SMILES string of the molecule is CONC(=O)C(Nc1ccc(C(F)(F)F)cc1Cl)C(C)C. The average Bonchev–Trinajstić information content (AvgIpc) is 2.35. The van der Waals surface area contributed by atoms with E-state index in [1.165, 1.54) is 13.2 Å². The van der Waals surface area contributed by atoms with Gasteiger partial charge in [-0.2, -0.15) is 13.2 Å². The lowest BCUT2D eigenvalue weighted by molar-refractivity contribution is -0.137. The number of carbonyl (C=O) groups excluding carboxylic acids is 1. The van der Waals surface area contributed by atoms with Crippen LogP contribution in [-0.4, -0.2) is 19.1 Å². The quantitative estimate of drug-likeness (QED) is 0.815. The zero-order valence-electron chi connectivity index (χ0n) is 11.7. The van der Waals surface area contributed by atoms with Crippen LogP contribution in [0.15, 0.2) is 18.2 Å². The lowest BCUT2D eigenvalue weighted by atomic mass is 10.0. The molecule has 0 aliphatic rings. The average molecular weight is 325 g/mol. The first-order chi connectivity index (χ1) is 9.66. The zero-order valence-corrected chi connectivity index (χ0v) is 12.5. The van der Waals surface area contributed by atoms with Gasteiger partial charge in [0.05, 0.1) is 23.4 Å². The Bertz CT molecular complexity index is 507. The third-order valence-electron chi connectivity index (χ3n) is 2.76. The first-order valence-electron chi connectivity index (χ1n) is 6.13. The number of hydroxylamine groups is 1.